The highest BCUT2D eigenvalue weighted by Gasteiger charge is 2.30. The van der Waals surface area contributed by atoms with Crippen LogP contribution in [0.25, 0.3) is 11.7 Å². The van der Waals surface area contributed by atoms with Gasteiger partial charge in [0.15, 0.2) is 0 Å². The normalized spacial score (nSPS) is 11.9. The van der Waals surface area contributed by atoms with E-state index in [1.54, 1.807) is 25.3 Å². The van der Waals surface area contributed by atoms with E-state index in [1.807, 2.05) is 12.1 Å². The van der Waals surface area contributed by atoms with E-state index in [2.05, 4.69) is 10.3 Å². The lowest BCUT2D eigenvalue weighted by Gasteiger charge is -2.05. The van der Waals surface area contributed by atoms with Crippen LogP contribution in [0.15, 0.2) is 54.9 Å². The first kappa shape index (κ1) is 18.5. The van der Waals surface area contributed by atoms with Crippen LogP contribution in [0.3, 0.4) is 0 Å². The maximum Gasteiger partial charge on any atom is 0.417 e. The molecule has 0 unspecified atom stereocenters. The lowest BCUT2D eigenvalue weighted by Crippen LogP contribution is -2.20. The average molecular weight is 375 g/mol. The van der Waals surface area contributed by atoms with Crippen molar-refractivity contribution in [2.45, 2.75) is 12.7 Å². The molecule has 0 bridgehead atoms. The van der Waals surface area contributed by atoms with Gasteiger partial charge in [0.1, 0.15) is 11.4 Å². The van der Waals surface area contributed by atoms with Crippen molar-refractivity contribution in [2.24, 2.45) is 0 Å². The largest absolute Gasteiger partial charge is 0.497 e. The van der Waals surface area contributed by atoms with Gasteiger partial charge in [-0.3, -0.25) is 4.79 Å². The first-order valence-electron chi connectivity index (χ1n) is 8.00. The quantitative estimate of drug-likeness (QED) is 0.692. The van der Waals surface area contributed by atoms with Gasteiger partial charge in [0.05, 0.1) is 24.9 Å². The number of nitrogens with one attached hydrogen (secondary N) is 1. The monoisotopic (exact) mass is 375 g/mol. The van der Waals surface area contributed by atoms with E-state index in [-0.39, 0.29) is 12.5 Å². The molecule has 0 radical (unpaired) electrons. The fourth-order valence-electron chi connectivity index (χ4n) is 2.45. The molecule has 0 spiro atoms. The Kier molecular flexibility index (Phi) is 5.16. The van der Waals surface area contributed by atoms with E-state index in [0.29, 0.717) is 17.1 Å². The van der Waals surface area contributed by atoms with E-state index < -0.39 is 11.7 Å². The third-order valence-electron chi connectivity index (χ3n) is 3.79. The number of aromatic nitrogens is 2. The van der Waals surface area contributed by atoms with Crippen LogP contribution < -0.4 is 10.1 Å². The summed E-state index contributed by atoms with van der Waals surface area (Å²) in [6, 6.07) is 9.47. The van der Waals surface area contributed by atoms with Crippen molar-refractivity contribution in [1.82, 2.24) is 14.7 Å². The molecule has 8 heteroatoms. The number of hydrogen-bond acceptors (Lipinski definition) is 3. The molecule has 0 aliphatic rings. The summed E-state index contributed by atoms with van der Waals surface area (Å²) in [5, 5.41) is 2.65. The number of nitrogens with zero attached hydrogens (tertiary/aromatic N) is 2. The van der Waals surface area contributed by atoms with Crippen LogP contribution in [0.2, 0.25) is 0 Å². The number of fused-ring (bicyclic) bond motifs is 1. The van der Waals surface area contributed by atoms with Crippen molar-refractivity contribution >= 4 is 17.6 Å². The molecule has 1 N–H and O–H groups in total. The molecular formula is C19H16F3N3O2. The second-order valence-corrected chi connectivity index (χ2v) is 5.74. The number of imidazole rings is 1. The summed E-state index contributed by atoms with van der Waals surface area (Å²) < 4.78 is 44.6. The molecular weight excluding hydrogens is 359 g/mol. The van der Waals surface area contributed by atoms with Gasteiger partial charge in [-0.05, 0) is 35.9 Å². The average Bonchev–Trinajstić information content (AvgIpc) is 3.06. The Hall–Kier alpha value is -3.29. The summed E-state index contributed by atoms with van der Waals surface area (Å²) >= 11 is 0. The molecule has 0 fully saturated rings. The maximum absolute atomic E-state index is 12.7. The van der Waals surface area contributed by atoms with E-state index in [9.17, 15) is 18.0 Å². The molecule has 0 aliphatic carbocycles. The zero-order valence-corrected chi connectivity index (χ0v) is 14.3. The van der Waals surface area contributed by atoms with E-state index in [4.69, 9.17) is 4.74 Å². The third kappa shape index (κ3) is 4.66. The highest BCUT2D eigenvalue weighted by molar-refractivity contribution is 5.91. The summed E-state index contributed by atoms with van der Waals surface area (Å²) in [4.78, 5) is 16.1. The lowest BCUT2D eigenvalue weighted by molar-refractivity contribution is -0.137. The molecule has 2 heterocycles. The molecule has 3 aromatic rings. The predicted molar refractivity (Wildman–Crippen MR) is 94.1 cm³/mol. The highest BCUT2D eigenvalue weighted by Crippen LogP contribution is 2.29. The van der Waals surface area contributed by atoms with Crippen LogP contribution in [0.4, 0.5) is 13.2 Å². The van der Waals surface area contributed by atoms with E-state index in [0.717, 1.165) is 17.8 Å². The highest BCUT2D eigenvalue weighted by atomic mass is 19.4. The van der Waals surface area contributed by atoms with Crippen LogP contribution in [0.1, 0.15) is 16.8 Å². The van der Waals surface area contributed by atoms with Crippen molar-refractivity contribution in [3.8, 4) is 5.75 Å². The van der Waals surface area contributed by atoms with Gasteiger partial charge in [0, 0.05) is 18.5 Å². The fourth-order valence-corrected chi connectivity index (χ4v) is 2.45. The standard InChI is InChI=1S/C19H16F3N3O2/c1-27-16-4-2-3-13(9-16)5-8-18(26)23-10-15-12-25-11-14(19(20,21)22)6-7-17(25)24-15/h2-9,11-12H,10H2,1H3,(H,23,26)/b8-5+. The van der Waals surface area contributed by atoms with Gasteiger partial charge in [-0.25, -0.2) is 4.98 Å². The Balaban J connectivity index is 1.63. The van der Waals surface area contributed by atoms with Gasteiger partial charge in [-0.1, -0.05) is 12.1 Å². The second-order valence-electron chi connectivity index (χ2n) is 5.74. The number of amides is 1. The molecule has 0 saturated heterocycles. The topological polar surface area (TPSA) is 55.6 Å². The van der Waals surface area contributed by atoms with Gasteiger partial charge in [-0.15, -0.1) is 0 Å². The van der Waals surface area contributed by atoms with Crippen molar-refractivity contribution in [2.75, 3.05) is 7.11 Å². The fraction of sp³-hybridized carbons (Fsp3) is 0.158. The van der Waals surface area contributed by atoms with Crippen LogP contribution in [-0.2, 0) is 17.5 Å². The Morgan fingerprint density at radius 1 is 1.26 bits per heavy atom. The minimum Gasteiger partial charge on any atom is -0.497 e. The van der Waals surface area contributed by atoms with Crippen LogP contribution >= 0.6 is 0 Å². The SMILES string of the molecule is COc1cccc(/C=C/C(=O)NCc2cn3cc(C(F)(F)F)ccc3n2)c1. The van der Waals surface area contributed by atoms with Gasteiger partial charge < -0.3 is 14.5 Å². The molecule has 0 atom stereocenters. The number of methoxy groups -OCH3 is 1. The summed E-state index contributed by atoms with van der Waals surface area (Å²) in [6.45, 7) is 0.102. The number of pyridine rings is 1. The van der Waals surface area contributed by atoms with E-state index >= 15 is 0 Å². The summed E-state index contributed by atoms with van der Waals surface area (Å²) in [5.41, 5.74) is 0.873. The zero-order chi connectivity index (χ0) is 19.4. The minimum absolute atomic E-state index is 0.102. The number of hydrogen-bond donors (Lipinski definition) is 1. The molecule has 140 valence electrons. The van der Waals surface area contributed by atoms with Gasteiger partial charge in [-0.2, -0.15) is 13.2 Å². The zero-order valence-electron chi connectivity index (χ0n) is 14.3. The Bertz CT molecular complexity index is 993. The third-order valence-corrected chi connectivity index (χ3v) is 3.79. The Labute approximate surface area is 153 Å². The lowest BCUT2D eigenvalue weighted by atomic mass is 10.2. The van der Waals surface area contributed by atoms with Crippen LogP contribution in [0.5, 0.6) is 5.75 Å². The van der Waals surface area contributed by atoms with E-state index in [1.165, 1.54) is 22.7 Å². The van der Waals surface area contributed by atoms with Gasteiger partial charge in [0.2, 0.25) is 5.91 Å². The molecule has 1 aromatic carbocycles. The van der Waals surface area contributed by atoms with Gasteiger partial charge >= 0.3 is 6.18 Å². The second kappa shape index (κ2) is 7.53. The number of ether oxygens (including phenoxy) is 1. The van der Waals surface area contributed by atoms with Crippen LogP contribution in [-0.4, -0.2) is 22.4 Å². The molecule has 3 rings (SSSR count). The van der Waals surface area contributed by atoms with Crippen molar-refractivity contribution in [3.63, 3.8) is 0 Å². The number of rotatable bonds is 5. The Morgan fingerprint density at radius 3 is 2.81 bits per heavy atom. The number of carbonyl (C=O) groups excluding carboxylic acids is 1. The summed E-state index contributed by atoms with van der Waals surface area (Å²) in [6.07, 6.45) is 1.01. The molecule has 0 aliphatic heterocycles. The van der Waals surface area contributed by atoms with Crippen LogP contribution in [0, 0.1) is 0 Å². The number of halogens is 3. The molecule has 0 saturated carbocycles. The first-order valence-corrected chi connectivity index (χ1v) is 8.00. The van der Waals surface area contributed by atoms with Crippen molar-refractivity contribution in [1.29, 1.82) is 0 Å². The summed E-state index contributed by atoms with van der Waals surface area (Å²) in [7, 11) is 1.56. The smallest absolute Gasteiger partial charge is 0.417 e. The molecule has 27 heavy (non-hydrogen) atoms. The summed E-state index contributed by atoms with van der Waals surface area (Å²) in [5.74, 6) is 0.339. The predicted octanol–water partition coefficient (Wildman–Crippen LogP) is 3.69. The number of benzene rings is 1. The Morgan fingerprint density at radius 2 is 2.07 bits per heavy atom. The number of carbonyl (C=O) groups is 1. The van der Waals surface area contributed by atoms with Crippen molar-refractivity contribution < 1.29 is 22.7 Å². The molecule has 1 amide bonds. The molecule has 5 nitrogen and oxygen atoms in total. The first-order chi connectivity index (χ1) is 12.8. The van der Waals surface area contributed by atoms with Gasteiger partial charge in [0.25, 0.3) is 0 Å². The number of alkyl halides is 3. The minimum atomic E-state index is -4.42. The van der Waals surface area contributed by atoms with Crippen molar-refractivity contribution in [3.05, 3.63) is 71.7 Å². The maximum atomic E-state index is 12.7. The molecule has 2 aromatic heterocycles.